The number of hydrogen-bond donors (Lipinski definition) is 2. The predicted molar refractivity (Wildman–Crippen MR) is 55.1 cm³/mol. The molecule has 0 aliphatic carbocycles. The Balaban J connectivity index is 4.18. The fraction of sp³-hybridized carbons (Fsp3) is 0.800. The minimum Gasteiger partial charge on any atom is -0.548 e. The molecule has 15 heavy (non-hydrogen) atoms. The van der Waals surface area contributed by atoms with Crippen LogP contribution >= 0.6 is 0 Å². The number of carbonyl (C=O) groups is 2. The van der Waals surface area contributed by atoms with Gasteiger partial charge in [0.2, 0.25) is 0 Å². The molecule has 0 spiro atoms. The van der Waals surface area contributed by atoms with Gasteiger partial charge < -0.3 is 20.5 Å². The molecule has 0 radical (unpaired) electrons. The third kappa shape index (κ3) is 5.24. The molecule has 0 aliphatic rings. The van der Waals surface area contributed by atoms with Gasteiger partial charge in [-0.3, -0.25) is 0 Å². The van der Waals surface area contributed by atoms with E-state index in [1.54, 1.807) is 13.8 Å². The number of carbonyl (C=O) groups excluding carboxylic acids is 2. The van der Waals surface area contributed by atoms with E-state index < -0.39 is 18.0 Å². The first-order chi connectivity index (χ1) is 6.88. The molecule has 0 rings (SSSR count). The number of amides is 2. The van der Waals surface area contributed by atoms with E-state index in [-0.39, 0.29) is 12.0 Å². The summed E-state index contributed by atoms with van der Waals surface area (Å²) >= 11 is 0. The van der Waals surface area contributed by atoms with Gasteiger partial charge in [0.05, 0.1) is 12.0 Å². The summed E-state index contributed by atoms with van der Waals surface area (Å²) in [6, 6.07) is -1.39. The third-order valence-electron chi connectivity index (χ3n) is 2.20. The fourth-order valence-corrected chi connectivity index (χ4v) is 1.01. The quantitative estimate of drug-likeness (QED) is 0.669. The van der Waals surface area contributed by atoms with Gasteiger partial charge in [0.1, 0.15) is 0 Å². The maximum absolute atomic E-state index is 11.3. The lowest BCUT2D eigenvalue weighted by atomic mass is 10.1. The lowest BCUT2D eigenvalue weighted by Crippen LogP contribution is -2.54. The lowest BCUT2D eigenvalue weighted by Gasteiger charge is -2.24. The molecule has 0 heterocycles. The predicted octanol–water partition coefficient (Wildman–Crippen LogP) is -0.141. The number of carboxylic acids is 1. The highest BCUT2D eigenvalue weighted by Gasteiger charge is 2.17. The van der Waals surface area contributed by atoms with Gasteiger partial charge in [0.15, 0.2) is 0 Å². The van der Waals surface area contributed by atoms with Gasteiger partial charge in [-0.15, -0.1) is 0 Å². The van der Waals surface area contributed by atoms with Crippen LogP contribution in [0.1, 0.15) is 34.1 Å². The molecule has 0 unspecified atom stereocenters. The second-order valence-corrected chi connectivity index (χ2v) is 3.97. The van der Waals surface area contributed by atoms with Crippen molar-refractivity contribution >= 4 is 12.0 Å². The normalized spacial score (nSPS) is 14.5. The first kappa shape index (κ1) is 13.7. The topological polar surface area (TPSA) is 81.3 Å². The Bertz CT molecular complexity index is 229. The van der Waals surface area contributed by atoms with Crippen molar-refractivity contribution < 1.29 is 14.7 Å². The van der Waals surface area contributed by atoms with Crippen LogP contribution in [0.25, 0.3) is 0 Å². The van der Waals surface area contributed by atoms with E-state index in [1.165, 1.54) is 0 Å². The van der Waals surface area contributed by atoms with Gasteiger partial charge in [-0.05, 0) is 19.3 Å². The maximum atomic E-state index is 11.3. The molecule has 0 aromatic heterocycles. The summed E-state index contributed by atoms with van der Waals surface area (Å²) in [4.78, 5) is 22.0. The fourth-order valence-electron chi connectivity index (χ4n) is 1.01. The van der Waals surface area contributed by atoms with Gasteiger partial charge in [-0.1, -0.05) is 20.8 Å². The van der Waals surface area contributed by atoms with Crippen LogP contribution in [-0.2, 0) is 4.79 Å². The van der Waals surface area contributed by atoms with Gasteiger partial charge in [0, 0.05) is 6.04 Å². The molecule has 2 amide bonds. The van der Waals surface area contributed by atoms with Crippen molar-refractivity contribution in [3.8, 4) is 0 Å². The molecular formula is C10H19N2O3-. The molecule has 88 valence electrons. The van der Waals surface area contributed by atoms with Crippen molar-refractivity contribution in [3.63, 3.8) is 0 Å². The van der Waals surface area contributed by atoms with Crippen LogP contribution < -0.4 is 15.7 Å². The number of rotatable bonds is 5. The maximum Gasteiger partial charge on any atom is 0.315 e. The van der Waals surface area contributed by atoms with Gasteiger partial charge in [-0.2, -0.15) is 0 Å². The highest BCUT2D eigenvalue weighted by atomic mass is 16.4. The molecule has 0 aromatic carbocycles. The summed E-state index contributed by atoms with van der Waals surface area (Å²) in [5.74, 6) is -1.46. The van der Waals surface area contributed by atoms with E-state index >= 15 is 0 Å². The van der Waals surface area contributed by atoms with Crippen molar-refractivity contribution in [2.24, 2.45) is 5.92 Å². The summed E-state index contributed by atoms with van der Waals surface area (Å²) in [7, 11) is 0. The molecule has 0 aliphatic heterocycles. The SMILES string of the molecule is CC[C@H](C)NC(=O)N[C@H](C(=O)[O-])C(C)C. The molecule has 0 aromatic rings. The monoisotopic (exact) mass is 215 g/mol. The molecule has 0 saturated heterocycles. The Morgan fingerprint density at radius 2 is 1.73 bits per heavy atom. The van der Waals surface area contributed by atoms with E-state index in [9.17, 15) is 14.7 Å². The Morgan fingerprint density at radius 1 is 1.20 bits per heavy atom. The third-order valence-corrected chi connectivity index (χ3v) is 2.20. The molecule has 2 atom stereocenters. The van der Waals surface area contributed by atoms with Crippen molar-refractivity contribution in [1.82, 2.24) is 10.6 Å². The van der Waals surface area contributed by atoms with Crippen LogP contribution in [0.3, 0.4) is 0 Å². The van der Waals surface area contributed by atoms with Crippen LogP contribution in [-0.4, -0.2) is 24.1 Å². The minimum atomic E-state index is -1.26. The zero-order chi connectivity index (χ0) is 12.0. The van der Waals surface area contributed by atoms with Crippen LogP contribution in [0.4, 0.5) is 4.79 Å². The van der Waals surface area contributed by atoms with Crippen molar-refractivity contribution in [1.29, 1.82) is 0 Å². The standard InChI is InChI=1S/C10H20N2O3/c1-5-7(4)11-10(15)12-8(6(2)3)9(13)14/h6-8H,5H2,1-4H3,(H,13,14)(H2,11,12,15)/p-1/t7-,8-/m0/s1. The number of hydrogen-bond acceptors (Lipinski definition) is 3. The molecule has 0 saturated carbocycles. The average molecular weight is 215 g/mol. The van der Waals surface area contributed by atoms with E-state index in [1.807, 2.05) is 13.8 Å². The van der Waals surface area contributed by atoms with Crippen molar-refractivity contribution in [2.75, 3.05) is 0 Å². The molecule has 0 fully saturated rings. The largest absolute Gasteiger partial charge is 0.548 e. The summed E-state index contributed by atoms with van der Waals surface area (Å²) in [6.45, 7) is 7.21. The second kappa shape index (κ2) is 6.27. The second-order valence-electron chi connectivity index (χ2n) is 3.97. The Hall–Kier alpha value is -1.26. The average Bonchev–Trinajstić information content (AvgIpc) is 2.12. The van der Waals surface area contributed by atoms with Gasteiger partial charge >= 0.3 is 6.03 Å². The molecule has 5 nitrogen and oxygen atoms in total. The molecule has 0 bridgehead atoms. The minimum absolute atomic E-state index is 0.0274. The lowest BCUT2D eigenvalue weighted by molar-refractivity contribution is -0.309. The van der Waals surface area contributed by atoms with E-state index in [2.05, 4.69) is 10.6 Å². The van der Waals surface area contributed by atoms with Crippen molar-refractivity contribution in [3.05, 3.63) is 0 Å². The van der Waals surface area contributed by atoms with Crippen LogP contribution in [0.5, 0.6) is 0 Å². The number of urea groups is 1. The highest BCUT2D eigenvalue weighted by molar-refractivity contribution is 5.81. The Morgan fingerprint density at radius 3 is 2.07 bits per heavy atom. The first-order valence-electron chi connectivity index (χ1n) is 5.16. The zero-order valence-corrected chi connectivity index (χ0v) is 9.66. The summed E-state index contributed by atoms with van der Waals surface area (Å²) < 4.78 is 0. The van der Waals surface area contributed by atoms with Crippen LogP contribution in [0, 0.1) is 5.92 Å². The van der Waals surface area contributed by atoms with E-state index in [4.69, 9.17) is 0 Å². The van der Waals surface area contributed by atoms with Gasteiger partial charge in [0.25, 0.3) is 0 Å². The van der Waals surface area contributed by atoms with Gasteiger partial charge in [-0.25, -0.2) is 4.79 Å². The Kier molecular flexibility index (Phi) is 5.74. The van der Waals surface area contributed by atoms with Crippen LogP contribution in [0.2, 0.25) is 0 Å². The molecular weight excluding hydrogens is 196 g/mol. The molecule has 5 heteroatoms. The van der Waals surface area contributed by atoms with E-state index in [0.29, 0.717) is 0 Å². The molecule has 2 N–H and O–H groups in total. The Labute approximate surface area is 90.2 Å². The van der Waals surface area contributed by atoms with Crippen molar-refractivity contribution in [2.45, 2.75) is 46.2 Å². The summed E-state index contributed by atoms with van der Waals surface area (Å²) in [5.41, 5.74) is 0. The zero-order valence-electron chi connectivity index (χ0n) is 9.66. The van der Waals surface area contributed by atoms with E-state index in [0.717, 1.165) is 6.42 Å². The number of nitrogens with one attached hydrogen (secondary N) is 2. The summed E-state index contributed by atoms with van der Waals surface area (Å²) in [6.07, 6.45) is 0.797. The number of carboxylic acid groups (broad SMARTS) is 1. The summed E-state index contributed by atoms with van der Waals surface area (Å²) in [5, 5.41) is 15.7. The van der Waals surface area contributed by atoms with Crippen LogP contribution in [0.15, 0.2) is 0 Å². The highest BCUT2D eigenvalue weighted by Crippen LogP contribution is 2.00. The number of aliphatic carboxylic acids is 1. The smallest absolute Gasteiger partial charge is 0.315 e. The first-order valence-corrected chi connectivity index (χ1v) is 5.16.